The molecule has 1 aliphatic rings. The number of rotatable bonds is 6. The van der Waals surface area contributed by atoms with E-state index in [0.29, 0.717) is 12.5 Å². The highest BCUT2D eigenvalue weighted by atomic mass is 16.3. The highest BCUT2D eigenvalue weighted by Gasteiger charge is 2.42. The number of urea groups is 1. The van der Waals surface area contributed by atoms with Gasteiger partial charge < -0.3 is 20.6 Å². The third kappa shape index (κ3) is 3.85. The van der Waals surface area contributed by atoms with Gasteiger partial charge in [0.1, 0.15) is 0 Å². The summed E-state index contributed by atoms with van der Waals surface area (Å²) in [5.41, 5.74) is -0.571. The Morgan fingerprint density at radius 2 is 1.89 bits per heavy atom. The molecule has 5 heteroatoms. The van der Waals surface area contributed by atoms with Crippen molar-refractivity contribution in [3.63, 3.8) is 0 Å². The van der Waals surface area contributed by atoms with Crippen molar-refractivity contribution in [2.45, 2.75) is 44.7 Å². The molecule has 3 N–H and O–H groups in total. The summed E-state index contributed by atoms with van der Waals surface area (Å²) < 4.78 is 0. The van der Waals surface area contributed by atoms with Crippen LogP contribution in [0.15, 0.2) is 0 Å². The molecule has 1 atom stereocenters. The van der Waals surface area contributed by atoms with Crippen molar-refractivity contribution >= 4 is 6.03 Å². The number of hydrogen-bond acceptors (Lipinski definition) is 3. The fourth-order valence-corrected chi connectivity index (χ4v) is 1.75. The first-order chi connectivity index (χ1) is 8.21. The molecule has 1 saturated carbocycles. The lowest BCUT2D eigenvalue weighted by molar-refractivity contribution is 0.150. The lowest BCUT2D eigenvalue weighted by atomic mass is 9.97. The molecule has 0 radical (unpaired) electrons. The van der Waals surface area contributed by atoms with Crippen LogP contribution in [-0.2, 0) is 0 Å². The van der Waals surface area contributed by atoms with Gasteiger partial charge >= 0.3 is 6.03 Å². The van der Waals surface area contributed by atoms with Crippen LogP contribution < -0.4 is 10.6 Å². The summed E-state index contributed by atoms with van der Waals surface area (Å²) in [6.45, 7) is 6.60. The van der Waals surface area contributed by atoms with Crippen LogP contribution in [0.5, 0.6) is 0 Å². The molecule has 0 aromatic heterocycles. The summed E-state index contributed by atoms with van der Waals surface area (Å²) in [7, 11) is 3.98. The number of nitrogens with one attached hydrogen (secondary N) is 2. The number of aliphatic hydroxyl groups excluding tert-OH is 1. The van der Waals surface area contributed by atoms with E-state index in [4.69, 9.17) is 0 Å². The Morgan fingerprint density at radius 1 is 1.33 bits per heavy atom. The van der Waals surface area contributed by atoms with E-state index in [1.807, 2.05) is 21.0 Å². The van der Waals surface area contributed by atoms with E-state index < -0.39 is 5.54 Å². The number of aliphatic hydroxyl groups is 1. The van der Waals surface area contributed by atoms with Gasteiger partial charge in [-0.15, -0.1) is 0 Å². The fraction of sp³-hybridized carbons (Fsp3) is 0.923. The van der Waals surface area contributed by atoms with Crippen LogP contribution in [-0.4, -0.2) is 54.4 Å². The first-order valence-electron chi connectivity index (χ1n) is 6.55. The van der Waals surface area contributed by atoms with E-state index in [-0.39, 0.29) is 18.2 Å². The van der Waals surface area contributed by atoms with Gasteiger partial charge in [-0.05, 0) is 53.6 Å². The SMILES string of the molecule is CN(C)C(C)(C)CNC(=O)NC(C)(CO)C1CC1. The zero-order valence-corrected chi connectivity index (χ0v) is 12.2. The van der Waals surface area contributed by atoms with Crippen LogP contribution in [0, 0.1) is 5.92 Å². The third-order valence-corrected chi connectivity index (χ3v) is 4.10. The summed E-state index contributed by atoms with van der Waals surface area (Å²) in [4.78, 5) is 13.9. The molecule has 0 spiro atoms. The van der Waals surface area contributed by atoms with Gasteiger partial charge in [0, 0.05) is 12.1 Å². The Hall–Kier alpha value is -0.810. The Labute approximate surface area is 110 Å². The molecule has 0 aromatic carbocycles. The van der Waals surface area contributed by atoms with Gasteiger partial charge in [0.2, 0.25) is 0 Å². The minimum Gasteiger partial charge on any atom is -0.394 e. The van der Waals surface area contributed by atoms with Crippen molar-refractivity contribution < 1.29 is 9.90 Å². The van der Waals surface area contributed by atoms with E-state index in [1.165, 1.54) is 0 Å². The zero-order valence-electron chi connectivity index (χ0n) is 12.2. The van der Waals surface area contributed by atoms with E-state index in [9.17, 15) is 9.90 Å². The number of hydrogen-bond donors (Lipinski definition) is 3. The Balaban J connectivity index is 2.42. The lowest BCUT2D eigenvalue weighted by Gasteiger charge is -2.34. The van der Waals surface area contributed by atoms with Crippen molar-refractivity contribution in [2.75, 3.05) is 27.2 Å². The minimum atomic E-state index is -0.480. The molecule has 1 rings (SSSR count). The summed E-state index contributed by atoms with van der Waals surface area (Å²) in [6.07, 6.45) is 2.17. The molecule has 0 heterocycles. The molecule has 0 saturated heterocycles. The van der Waals surface area contributed by atoms with Gasteiger partial charge in [-0.25, -0.2) is 4.79 Å². The molecule has 1 aliphatic carbocycles. The molecule has 106 valence electrons. The largest absolute Gasteiger partial charge is 0.394 e. The van der Waals surface area contributed by atoms with E-state index in [2.05, 4.69) is 29.4 Å². The molecule has 0 aromatic rings. The molecule has 2 amide bonds. The number of nitrogens with zero attached hydrogens (tertiary/aromatic N) is 1. The first kappa shape index (κ1) is 15.2. The van der Waals surface area contributed by atoms with Crippen molar-refractivity contribution in [3.8, 4) is 0 Å². The van der Waals surface area contributed by atoms with Crippen molar-refractivity contribution in [3.05, 3.63) is 0 Å². The predicted molar refractivity (Wildman–Crippen MR) is 72.5 cm³/mol. The summed E-state index contributed by atoms with van der Waals surface area (Å²) >= 11 is 0. The second kappa shape index (κ2) is 5.45. The highest BCUT2D eigenvalue weighted by Crippen LogP contribution is 2.39. The maximum atomic E-state index is 11.9. The maximum absolute atomic E-state index is 11.9. The van der Waals surface area contributed by atoms with Crippen molar-refractivity contribution in [1.82, 2.24) is 15.5 Å². The van der Waals surface area contributed by atoms with E-state index in [1.54, 1.807) is 0 Å². The summed E-state index contributed by atoms with van der Waals surface area (Å²) in [5, 5.41) is 15.2. The van der Waals surface area contributed by atoms with Crippen molar-refractivity contribution in [1.29, 1.82) is 0 Å². The molecule has 1 fully saturated rings. The van der Waals surface area contributed by atoms with Crippen LogP contribution in [0.4, 0.5) is 4.79 Å². The van der Waals surface area contributed by atoms with Crippen LogP contribution in [0.1, 0.15) is 33.6 Å². The van der Waals surface area contributed by atoms with Crippen LogP contribution in [0.2, 0.25) is 0 Å². The zero-order chi connectivity index (χ0) is 14.0. The minimum absolute atomic E-state index is 0.0117. The Morgan fingerprint density at radius 3 is 2.28 bits per heavy atom. The predicted octanol–water partition coefficient (Wildman–Crippen LogP) is 0.787. The third-order valence-electron chi connectivity index (χ3n) is 4.10. The van der Waals surface area contributed by atoms with Gasteiger partial charge in [0.05, 0.1) is 12.1 Å². The number of amides is 2. The molecule has 1 unspecified atom stereocenters. The van der Waals surface area contributed by atoms with Gasteiger partial charge in [-0.3, -0.25) is 0 Å². The van der Waals surface area contributed by atoms with Gasteiger partial charge in [0.25, 0.3) is 0 Å². The van der Waals surface area contributed by atoms with Crippen LogP contribution in [0.3, 0.4) is 0 Å². The molecule has 0 aliphatic heterocycles. The highest BCUT2D eigenvalue weighted by molar-refractivity contribution is 5.75. The van der Waals surface area contributed by atoms with Gasteiger partial charge in [-0.2, -0.15) is 0 Å². The standard InChI is InChI=1S/C13H27N3O2/c1-12(2,16(4)5)8-14-11(18)15-13(3,9-17)10-6-7-10/h10,17H,6-9H2,1-5H3,(H2,14,15,18). The number of carbonyl (C=O) groups is 1. The molecule has 0 bridgehead atoms. The average molecular weight is 257 g/mol. The topological polar surface area (TPSA) is 64.6 Å². The smallest absolute Gasteiger partial charge is 0.315 e. The van der Waals surface area contributed by atoms with E-state index in [0.717, 1.165) is 12.8 Å². The fourth-order valence-electron chi connectivity index (χ4n) is 1.75. The van der Waals surface area contributed by atoms with E-state index >= 15 is 0 Å². The summed E-state index contributed by atoms with van der Waals surface area (Å²) in [6, 6.07) is -0.201. The van der Waals surface area contributed by atoms with Crippen LogP contribution >= 0.6 is 0 Å². The normalized spacial score (nSPS) is 19.5. The second-order valence-corrected chi connectivity index (χ2v) is 6.36. The van der Waals surface area contributed by atoms with Gasteiger partial charge in [-0.1, -0.05) is 0 Å². The monoisotopic (exact) mass is 257 g/mol. The van der Waals surface area contributed by atoms with Crippen molar-refractivity contribution in [2.24, 2.45) is 5.92 Å². The quantitative estimate of drug-likeness (QED) is 0.659. The Kier molecular flexibility index (Phi) is 4.61. The molecule has 18 heavy (non-hydrogen) atoms. The van der Waals surface area contributed by atoms with Crippen LogP contribution in [0.25, 0.3) is 0 Å². The molecular formula is C13H27N3O2. The Bertz CT molecular complexity index is 301. The molecular weight excluding hydrogens is 230 g/mol. The first-order valence-corrected chi connectivity index (χ1v) is 6.55. The van der Waals surface area contributed by atoms with Gasteiger partial charge in [0.15, 0.2) is 0 Å². The average Bonchev–Trinajstić information content (AvgIpc) is 3.10. The lowest BCUT2D eigenvalue weighted by Crippen LogP contribution is -2.57. The maximum Gasteiger partial charge on any atom is 0.315 e. The number of likely N-dealkylation sites (N-methyl/N-ethyl adjacent to an activating group) is 1. The second-order valence-electron chi connectivity index (χ2n) is 6.36. The summed E-state index contributed by atoms with van der Waals surface area (Å²) in [5.74, 6) is 0.412. The molecule has 5 nitrogen and oxygen atoms in total. The number of carbonyl (C=O) groups excluding carboxylic acids is 1.